The SMILES string of the molecule is C=Nc1c2ccccc2c2n1C(OCC)(OCC)C1C(=NC3=NCc4ccccc43)c3ccccc3C1=NC1=NC(=N2)c2ccccc21. The smallest absolute Gasteiger partial charge is 0.273 e. The molecule has 9 heteroatoms. The van der Waals surface area contributed by atoms with Crippen molar-refractivity contribution >= 4 is 58.1 Å². The Labute approximate surface area is 277 Å². The van der Waals surface area contributed by atoms with Crippen molar-refractivity contribution in [3.05, 3.63) is 130 Å². The maximum Gasteiger partial charge on any atom is 0.273 e. The summed E-state index contributed by atoms with van der Waals surface area (Å²) in [5, 5.41) is 1.74. The molecule has 1 aliphatic carbocycles. The Kier molecular flexibility index (Phi) is 6.53. The molecule has 2 bridgehead atoms. The van der Waals surface area contributed by atoms with Crippen molar-refractivity contribution < 1.29 is 9.47 Å². The fourth-order valence-electron chi connectivity index (χ4n) is 7.43. The van der Waals surface area contributed by atoms with Crippen molar-refractivity contribution in [3.8, 4) is 0 Å². The number of aromatic nitrogens is 1. The third-order valence-corrected chi connectivity index (χ3v) is 9.33. The molecule has 0 saturated carbocycles. The van der Waals surface area contributed by atoms with Gasteiger partial charge in [-0.3, -0.25) is 9.56 Å². The van der Waals surface area contributed by atoms with Gasteiger partial charge in [0.25, 0.3) is 5.91 Å². The van der Waals surface area contributed by atoms with Gasteiger partial charge in [-0.25, -0.2) is 25.0 Å². The summed E-state index contributed by atoms with van der Waals surface area (Å²) >= 11 is 0. The van der Waals surface area contributed by atoms with Crippen LogP contribution < -0.4 is 0 Å². The van der Waals surface area contributed by atoms with E-state index in [0.717, 1.165) is 55.6 Å². The molecule has 4 heterocycles. The van der Waals surface area contributed by atoms with E-state index >= 15 is 0 Å². The van der Waals surface area contributed by atoms with Crippen molar-refractivity contribution in [1.82, 2.24) is 4.57 Å². The first-order valence-electron chi connectivity index (χ1n) is 16.2. The van der Waals surface area contributed by atoms with E-state index in [1.165, 1.54) is 0 Å². The summed E-state index contributed by atoms with van der Waals surface area (Å²) in [5.41, 5.74) is 7.27. The standard InChI is InChI=1S/C39H31N7O2/c1-4-47-39(48-5-2)31-32(42-34-24-15-7-6-14-23(24)22-41-34)25-16-8-9-17-26(25)33(31)43-35-27-18-10-11-19-28(27)36(44-35)45-38-30-21-13-12-20-29(30)37(40-3)46(38)39/h6-21,31H,3-5,22H2,1-2H3. The lowest BCUT2D eigenvalue weighted by Gasteiger charge is -2.40. The van der Waals surface area contributed by atoms with Crippen LogP contribution in [0.2, 0.25) is 0 Å². The largest absolute Gasteiger partial charge is 0.332 e. The number of hydrogen-bond acceptors (Lipinski definition) is 8. The zero-order valence-electron chi connectivity index (χ0n) is 26.6. The van der Waals surface area contributed by atoms with Crippen LogP contribution in [0.1, 0.15) is 47.2 Å². The summed E-state index contributed by atoms with van der Waals surface area (Å²) in [6.45, 7) is 9.18. The van der Waals surface area contributed by atoms with Gasteiger partial charge in [-0.15, -0.1) is 0 Å². The summed E-state index contributed by atoms with van der Waals surface area (Å²) in [4.78, 5) is 30.7. The van der Waals surface area contributed by atoms with E-state index in [4.69, 9.17) is 34.4 Å². The number of fused-ring (bicyclic) bond motifs is 11. The first kappa shape index (κ1) is 28.6. The van der Waals surface area contributed by atoms with Gasteiger partial charge in [0.15, 0.2) is 17.5 Å². The molecule has 0 saturated heterocycles. The highest BCUT2D eigenvalue weighted by molar-refractivity contribution is 6.36. The Hall–Kier alpha value is -5.64. The van der Waals surface area contributed by atoms with Crippen LogP contribution >= 0.6 is 0 Å². The highest BCUT2D eigenvalue weighted by Gasteiger charge is 2.56. The van der Waals surface area contributed by atoms with Crippen molar-refractivity contribution in [2.24, 2.45) is 35.9 Å². The molecule has 3 aliphatic heterocycles. The number of rotatable bonds is 5. The molecule has 5 aromatic rings. The molecule has 1 unspecified atom stereocenters. The van der Waals surface area contributed by atoms with Crippen LogP contribution in [-0.2, 0) is 21.9 Å². The minimum Gasteiger partial charge on any atom is -0.332 e. The van der Waals surface area contributed by atoms with Gasteiger partial charge in [0.1, 0.15) is 17.6 Å². The third-order valence-electron chi connectivity index (χ3n) is 9.33. The van der Waals surface area contributed by atoms with Gasteiger partial charge in [0.2, 0.25) is 0 Å². The van der Waals surface area contributed by atoms with Crippen LogP contribution in [0, 0.1) is 5.92 Å². The number of ether oxygens (including phenoxy) is 2. The molecule has 1 aromatic heterocycles. The van der Waals surface area contributed by atoms with Crippen molar-refractivity contribution in [1.29, 1.82) is 0 Å². The van der Waals surface area contributed by atoms with Gasteiger partial charge in [-0.05, 0) is 26.1 Å². The van der Waals surface area contributed by atoms with E-state index in [2.05, 4.69) is 36.0 Å². The molecular weight excluding hydrogens is 598 g/mol. The lowest BCUT2D eigenvalue weighted by molar-refractivity contribution is -0.296. The first-order valence-corrected chi connectivity index (χ1v) is 16.2. The van der Waals surface area contributed by atoms with Gasteiger partial charge in [0.05, 0.1) is 18.0 Å². The fourth-order valence-corrected chi connectivity index (χ4v) is 7.43. The number of amidine groups is 3. The lowest BCUT2D eigenvalue weighted by atomic mass is 9.95. The zero-order valence-corrected chi connectivity index (χ0v) is 26.6. The predicted octanol–water partition coefficient (Wildman–Crippen LogP) is 7.38. The maximum atomic E-state index is 6.96. The van der Waals surface area contributed by atoms with E-state index < -0.39 is 11.8 Å². The summed E-state index contributed by atoms with van der Waals surface area (Å²) in [7, 11) is 0. The fraction of sp³-hybridized carbons (Fsp3) is 0.179. The van der Waals surface area contributed by atoms with E-state index in [-0.39, 0.29) is 0 Å². The second-order valence-corrected chi connectivity index (χ2v) is 11.9. The van der Waals surface area contributed by atoms with Gasteiger partial charge in [-0.1, -0.05) is 97.1 Å². The van der Waals surface area contributed by atoms with Crippen LogP contribution in [0.25, 0.3) is 10.8 Å². The highest BCUT2D eigenvalue weighted by atomic mass is 16.7. The molecular formula is C39H31N7O2. The second-order valence-electron chi connectivity index (χ2n) is 11.9. The van der Waals surface area contributed by atoms with Crippen molar-refractivity contribution in [2.45, 2.75) is 26.3 Å². The quantitative estimate of drug-likeness (QED) is 0.150. The predicted molar refractivity (Wildman–Crippen MR) is 191 cm³/mol. The number of aliphatic imine (C=N–C) groups is 6. The van der Waals surface area contributed by atoms with Gasteiger partial charge in [0, 0.05) is 51.8 Å². The molecule has 1 atom stereocenters. The average molecular weight is 630 g/mol. The van der Waals surface area contributed by atoms with E-state index in [0.29, 0.717) is 48.9 Å². The Morgan fingerprint density at radius 3 is 2.04 bits per heavy atom. The molecule has 48 heavy (non-hydrogen) atoms. The van der Waals surface area contributed by atoms with Crippen molar-refractivity contribution in [3.63, 3.8) is 0 Å². The Morgan fingerprint density at radius 2 is 1.33 bits per heavy atom. The van der Waals surface area contributed by atoms with Gasteiger partial charge >= 0.3 is 0 Å². The molecule has 4 aliphatic rings. The van der Waals surface area contributed by atoms with Gasteiger partial charge < -0.3 is 9.47 Å². The molecule has 0 N–H and O–H groups in total. The molecule has 9 nitrogen and oxygen atoms in total. The molecule has 0 amide bonds. The summed E-state index contributed by atoms with van der Waals surface area (Å²) in [6.07, 6.45) is 0. The zero-order chi connectivity index (χ0) is 32.4. The summed E-state index contributed by atoms with van der Waals surface area (Å²) < 4.78 is 15.9. The van der Waals surface area contributed by atoms with Gasteiger partial charge in [-0.2, -0.15) is 0 Å². The second kappa shape index (κ2) is 11.0. The van der Waals surface area contributed by atoms with Crippen LogP contribution in [-0.4, -0.2) is 53.4 Å². The van der Waals surface area contributed by atoms with E-state index in [1.54, 1.807) is 0 Å². The van der Waals surface area contributed by atoms with Crippen LogP contribution in [0.4, 0.5) is 11.6 Å². The number of benzene rings is 4. The van der Waals surface area contributed by atoms with Crippen LogP contribution in [0.3, 0.4) is 0 Å². The van der Waals surface area contributed by atoms with Crippen LogP contribution in [0.5, 0.6) is 0 Å². The van der Waals surface area contributed by atoms with Crippen LogP contribution in [0.15, 0.2) is 127 Å². The summed E-state index contributed by atoms with van der Waals surface area (Å²) in [6, 6.07) is 32.6. The normalized spacial score (nSPS) is 19.0. The summed E-state index contributed by atoms with van der Waals surface area (Å²) in [5.74, 6) is 0.765. The molecule has 234 valence electrons. The van der Waals surface area contributed by atoms with E-state index in [9.17, 15) is 0 Å². The Balaban J connectivity index is 1.45. The molecule has 0 fully saturated rings. The monoisotopic (exact) mass is 629 g/mol. The molecule has 9 rings (SSSR count). The van der Waals surface area contributed by atoms with Crippen molar-refractivity contribution in [2.75, 3.05) is 13.2 Å². The minimum atomic E-state index is -1.53. The minimum absolute atomic E-state index is 0.319. The Morgan fingerprint density at radius 1 is 0.729 bits per heavy atom. The highest BCUT2D eigenvalue weighted by Crippen LogP contribution is 2.50. The topological polar surface area (TPSA) is 97.5 Å². The number of hydrogen-bond donors (Lipinski definition) is 0. The number of nitrogens with zero attached hydrogens (tertiary/aromatic N) is 7. The lowest BCUT2D eigenvalue weighted by Crippen LogP contribution is -2.51. The maximum absolute atomic E-state index is 6.96. The molecule has 4 aromatic carbocycles. The van der Waals surface area contributed by atoms with E-state index in [1.807, 2.05) is 91.2 Å². The third kappa shape index (κ3) is 3.98. The average Bonchev–Trinajstić information content (AvgIpc) is 3.86. The molecule has 0 spiro atoms. The Bertz CT molecular complexity index is 2340. The first-order chi connectivity index (χ1) is 23.7. The molecule has 0 radical (unpaired) electrons.